The fraction of sp³-hybridized carbons (Fsp3) is 0.385. The van der Waals surface area contributed by atoms with Gasteiger partial charge in [-0.15, -0.1) is 10.2 Å². The molecule has 0 aliphatic carbocycles. The first-order chi connectivity index (χ1) is 26.3. The lowest BCUT2D eigenvalue weighted by atomic mass is 9.90. The predicted molar refractivity (Wildman–Crippen MR) is 206 cm³/mol. The summed E-state index contributed by atoms with van der Waals surface area (Å²) in [5.41, 5.74) is 6.40. The Bertz CT molecular complexity index is 2260. The Hall–Kier alpha value is -5.90. The lowest BCUT2D eigenvalue weighted by Gasteiger charge is -2.39. The molecule has 2 amide bonds. The number of nitrogens with one attached hydrogen (secondary N) is 2. The molecule has 3 fully saturated rings. The van der Waals surface area contributed by atoms with Crippen LogP contribution < -0.4 is 20.4 Å². The zero-order chi connectivity index (χ0) is 37.2. The Morgan fingerprint density at radius 3 is 2.48 bits per heavy atom. The Kier molecular flexibility index (Phi) is 9.91. The summed E-state index contributed by atoms with van der Waals surface area (Å²) in [5.74, 6) is 0.0206. The minimum atomic E-state index is -0.439. The number of hydrogen-bond donors (Lipinski definition) is 2. The maximum atomic E-state index is 12.3. The number of carbonyl (C=O) groups is 2. The Morgan fingerprint density at radius 2 is 1.74 bits per heavy atom. The Labute approximate surface area is 317 Å². The van der Waals surface area contributed by atoms with E-state index >= 15 is 0 Å². The van der Waals surface area contributed by atoms with Crippen molar-refractivity contribution in [3.05, 3.63) is 72.1 Å². The van der Waals surface area contributed by atoms with Crippen LogP contribution in [0.25, 0.3) is 27.5 Å². The molecule has 54 heavy (non-hydrogen) atoms. The van der Waals surface area contributed by atoms with Gasteiger partial charge >= 0.3 is 0 Å². The zero-order valence-electron chi connectivity index (χ0n) is 30.0. The molecule has 0 spiro atoms. The highest BCUT2D eigenvalue weighted by Gasteiger charge is 2.29. The van der Waals surface area contributed by atoms with Gasteiger partial charge in [0, 0.05) is 69.8 Å². The van der Waals surface area contributed by atoms with E-state index in [0.29, 0.717) is 30.0 Å². The van der Waals surface area contributed by atoms with Gasteiger partial charge in [0.2, 0.25) is 16.9 Å². The summed E-state index contributed by atoms with van der Waals surface area (Å²) in [5, 5.41) is 39.8. The number of pyridine rings is 1. The first kappa shape index (κ1) is 35.1. The molecule has 1 unspecified atom stereocenters. The quantitative estimate of drug-likeness (QED) is 0.201. The smallest absolute Gasteiger partial charge is 0.234 e. The van der Waals surface area contributed by atoms with Crippen LogP contribution in [0.15, 0.2) is 60.9 Å². The summed E-state index contributed by atoms with van der Waals surface area (Å²) >= 11 is 1.53. The van der Waals surface area contributed by atoms with E-state index in [0.717, 1.165) is 96.8 Å². The third-order valence-corrected chi connectivity index (χ3v) is 11.7. The largest absolute Gasteiger partial charge is 0.372 e. The van der Waals surface area contributed by atoms with Crippen molar-refractivity contribution in [1.82, 2.24) is 35.0 Å². The average Bonchev–Trinajstić information content (AvgIpc) is 3.86. The molecule has 274 valence electrons. The monoisotopic (exact) mass is 740 g/mol. The second kappa shape index (κ2) is 15.2. The van der Waals surface area contributed by atoms with E-state index in [2.05, 4.69) is 64.9 Å². The standard InChI is InChI=1S/C39H40N12O2S/c1-25(20-40)44-33-19-34(35-8-6-30-18-27(21-41)22-43-51(30)35)42-23-32(33)38-46-47-39(54-38)50-16-14-48(15-17-50)24-26-10-12-49(13-11-26)29-4-2-28(3-5-29)31-7-9-36(52)45-37(31)53/h2-6,8,18-19,22-23,25-26,31H,7,9-17,24H2,1H3,(H,42,44)(H,45,52,53)/t25-,31?/m1/s1. The third-order valence-electron chi connectivity index (χ3n) is 10.7. The molecule has 3 aliphatic rings. The van der Waals surface area contributed by atoms with Crippen molar-refractivity contribution in [3.63, 3.8) is 0 Å². The predicted octanol–water partition coefficient (Wildman–Crippen LogP) is 4.67. The molecule has 2 N–H and O–H groups in total. The first-order valence-corrected chi connectivity index (χ1v) is 19.2. The summed E-state index contributed by atoms with van der Waals surface area (Å²) in [7, 11) is 0. The molecular formula is C39H40N12O2S. The number of hydrogen-bond acceptors (Lipinski definition) is 13. The van der Waals surface area contributed by atoms with Gasteiger partial charge in [0.05, 0.1) is 46.2 Å². The number of imide groups is 1. The fourth-order valence-electron chi connectivity index (χ4n) is 7.65. The van der Waals surface area contributed by atoms with Gasteiger partial charge in [-0.1, -0.05) is 23.5 Å². The highest BCUT2D eigenvalue weighted by molar-refractivity contribution is 7.18. The van der Waals surface area contributed by atoms with E-state index in [1.54, 1.807) is 23.7 Å². The van der Waals surface area contributed by atoms with Crippen LogP contribution in [-0.4, -0.2) is 93.4 Å². The van der Waals surface area contributed by atoms with Crippen molar-refractivity contribution >= 4 is 45.2 Å². The van der Waals surface area contributed by atoms with Gasteiger partial charge in [-0.25, -0.2) is 4.52 Å². The van der Waals surface area contributed by atoms with Crippen LogP contribution in [0.2, 0.25) is 0 Å². The third kappa shape index (κ3) is 7.33. The van der Waals surface area contributed by atoms with Crippen molar-refractivity contribution in [3.8, 4) is 34.1 Å². The van der Waals surface area contributed by atoms with Gasteiger partial charge in [-0.2, -0.15) is 15.6 Å². The van der Waals surface area contributed by atoms with E-state index in [1.807, 2.05) is 30.3 Å². The molecule has 2 atom stereocenters. The molecule has 0 saturated carbocycles. The van der Waals surface area contributed by atoms with Gasteiger partial charge in [0.1, 0.15) is 12.1 Å². The van der Waals surface area contributed by atoms with E-state index in [1.165, 1.54) is 23.2 Å². The van der Waals surface area contributed by atoms with Crippen molar-refractivity contribution in [2.45, 2.75) is 44.6 Å². The fourth-order valence-corrected chi connectivity index (χ4v) is 8.57. The summed E-state index contributed by atoms with van der Waals surface area (Å²) in [4.78, 5) is 35.9. The second-order valence-corrected chi connectivity index (χ2v) is 15.2. The zero-order valence-corrected chi connectivity index (χ0v) is 30.8. The van der Waals surface area contributed by atoms with Crippen LogP contribution in [0.4, 0.5) is 16.5 Å². The molecular weight excluding hydrogens is 701 g/mol. The number of piperidine rings is 2. The van der Waals surface area contributed by atoms with Crippen LogP contribution in [0.1, 0.15) is 49.7 Å². The summed E-state index contributed by atoms with van der Waals surface area (Å²) < 4.78 is 1.75. The second-order valence-electron chi connectivity index (χ2n) is 14.2. The Balaban J connectivity index is 0.862. The molecule has 3 saturated heterocycles. The van der Waals surface area contributed by atoms with Crippen molar-refractivity contribution in [1.29, 1.82) is 10.5 Å². The van der Waals surface area contributed by atoms with Crippen molar-refractivity contribution < 1.29 is 9.59 Å². The van der Waals surface area contributed by atoms with Gasteiger partial charge in [-0.05, 0) is 74.1 Å². The number of aromatic nitrogens is 5. The normalized spacial score (nSPS) is 19.0. The molecule has 8 rings (SSSR count). The van der Waals surface area contributed by atoms with E-state index in [4.69, 9.17) is 4.98 Å². The van der Waals surface area contributed by atoms with Crippen LogP contribution in [-0.2, 0) is 9.59 Å². The first-order valence-electron chi connectivity index (χ1n) is 18.4. The lowest BCUT2D eigenvalue weighted by Crippen LogP contribution is -2.49. The number of carbonyl (C=O) groups excluding carboxylic acids is 2. The van der Waals surface area contributed by atoms with Crippen LogP contribution >= 0.6 is 11.3 Å². The molecule has 7 heterocycles. The van der Waals surface area contributed by atoms with Crippen molar-refractivity contribution in [2.24, 2.45) is 5.92 Å². The average molecular weight is 741 g/mol. The van der Waals surface area contributed by atoms with Crippen LogP contribution in [0.5, 0.6) is 0 Å². The molecule has 14 nitrogen and oxygen atoms in total. The van der Waals surface area contributed by atoms with Gasteiger partial charge in [-0.3, -0.25) is 24.8 Å². The molecule has 1 aromatic carbocycles. The van der Waals surface area contributed by atoms with Crippen molar-refractivity contribution in [2.75, 3.05) is 60.9 Å². The van der Waals surface area contributed by atoms with E-state index < -0.39 is 6.04 Å². The maximum Gasteiger partial charge on any atom is 0.234 e. The topological polar surface area (TPSA) is 171 Å². The van der Waals surface area contributed by atoms with E-state index in [9.17, 15) is 20.1 Å². The summed E-state index contributed by atoms with van der Waals surface area (Å²) in [6.45, 7) is 8.61. The number of nitriles is 2. The number of fused-ring (bicyclic) bond motifs is 1. The summed E-state index contributed by atoms with van der Waals surface area (Å²) in [6, 6.07) is 19.8. The van der Waals surface area contributed by atoms with Gasteiger partial charge < -0.3 is 15.1 Å². The number of piperazine rings is 1. The molecule has 4 aromatic heterocycles. The van der Waals surface area contributed by atoms with Crippen LogP contribution in [0, 0.1) is 28.6 Å². The highest BCUT2D eigenvalue weighted by atomic mass is 32.1. The summed E-state index contributed by atoms with van der Waals surface area (Å²) in [6.07, 6.45) is 6.54. The molecule has 5 aromatic rings. The minimum absolute atomic E-state index is 0.184. The number of nitrogens with zero attached hydrogens (tertiary/aromatic N) is 10. The maximum absolute atomic E-state index is 12.3. The minimum Gasteiger partial charge on any atom is -0.372 e. The molecule has 3 aliphatic heterocycles. The molecule has 0 bridgehead atoms. The number of rotatable bonds is 9. The number of amides is 2. The number of anilines is 3. The van der Waals surface area contributed by atoms with Gasteiger partial charge in [0.25, 0.3) is 0 Å². The van der Waals surface area contributed by atoms with Crippen LogP contribution in [0.3, 0.4) is 0 Å². The SMILES string of the molecule is C[C@H](C#N)Nc1cc(-c2ccc3cc(C#N)cnn23)ncc1-c1nnc(N2CCN(CC3CCN(c4ccc(C5CCC(=O)NC5=O)cc4)CC3)CC2)s1. The molecule has 0 radical (unpaired) electrons. The van der Waals surface area contributed by atoms with Gasteiger partial charge in [0.15, 0.2) is 5.01 Å². The van der Waals surface area contributed by atoms with E-state index in [-0.39, 0.29) is 17.7 Å². The lowest BCUT2D eigenvalue weighted by molar-refractivity contribution is -0.134. The highest BCUT2D eigenvalue weighted by Crippen LogP contribution is 2.36. The number of benzene rings is 1. The Morgan fingerprint density at radius 1 is 0.944 bits per heavy atom. The molecule has 15 heteroatoms.